The third kappa shape index (κ3) is 1.99. The molecule has 102 valence electrons. The molecule has 0 bridgehead atoms. The van der Waals surface area contributed by atoms with Gasteiger partial charge in [-0.3, -0.25) is 4.79 Å². The first-order valence-electron chi connectivity index (χ1n) is 6.47. The molecular formula is C16H15NO3. The number of para-hydroxylation sites is 1. The maximum absolute atomic E-state index is 12.2. The van der Waals surface area contributed by atoms with Crippen LogP contribution < -0.4 is 15.9 Å². The zero-order valence-corrected chi connectivity index (χ0v) is 11.2. The highest BCUT2D eigenvalue weighted by Gasteiger charge is 2.16. The Bertz CT molecular complexity index is 744. The first-order chi connectivity index (χ1) is 9.70. The second kappa shape index (κ2) is 4.89. The number of hydrogen-bond acceptors (Lipinski definition) is 4. The first kappa shape index (κ1) is 12.5. The lowest BCUT2D eigenvalue weighted by Crippen LogP contribution is -2.12. The van der Waals surface area contributed by atoms with Crippen molar-refractivity contribution < 1.29 is 9.15 Å². The van der Waals surface area contributed by atoms with Crippen molar-refractivity contribution in [1.82, 2.24) is 0 Å². The third-order valence-corrected chi connectivity index (χ3v) is 3.46. The smallest absolute Gasteiger partial charge is 0.189 e. The molecule has 4 heteroatoms. The fourth-order valence-electron chi connectivity index (χ4n) is 2.41. The third-order valence-electron chi connectivity index (χ3n) is 3.46. The average Bonchev–Trinajstić information content (AvgIpc) is 2.47. The van der Waals surface area contributed by atoms with E-state index in [1.807, 2.05) is 24.3 Å². The number of allylic oxidation sites excluding steroid dienone is 1. The van der Waals surface area contributed by atoms with Crippen LogP contribution in [0.1, 0.15) is 17.7 Å². The molecule has 2 N–H and O–H groups in total. The molecule has 0 amide bonds. The lowest BCUT2D eigenvalue weighted by Gasteiger charge is -2.12. The predicted octanol–water partition coefficient (Wildman–Crippen LogP) is 2.86. The molecule has 0 saturated heterocycles. The second-order valence-electron chi connectivity index (χ2n) is 4.68. The van der Waals surface area contributed by atoms with Crippen LogP contribution >= 0.6 is 0 Å². The van der Waals surface area contributed by atoms with Crippen LogP contribution in [0.15, 0.2) is 39.6 Å². The number of anilines is 1. The molecule has 0 saturated carbocycles. The van der Waals surface area contributed by atoms with Gasteiger partial charge in [-0.1, -0.05) is 12.1 Å². The highest BCUT2D eigenvalue weighted by molar-refractivity contribution is 5.78. The van der Waals surface area contributed by atoms with Crippen molar-refractivity contribution in [2.24, 2.45) is 0 Å². The van der Waals surface area contributed by atoms with Crippen molar-refractivity contribution in [2.75, 3.05) is 12.8 Å². The maximum Gasteiger partial charge on any atom is 0.189 e. The summed E-state index contributed by atoms with van der Waals surface area (Å²) >= 11 is 0. The zero-order chi connectivity index (χ0) is 14.1. The number of methoxy groups -OCH3 is 1. The Hall–Kier alpha value is -2.49. The van der Waals surface area contributed by atoms with E-state index in [1.165, 1.54) is 6.07 Å². The highest BCUT2D eigenvalue weighted by atomic mass is 16.5. The summed E-state index contributed by atoms with van der Waals surface area (Å²) in [5.74, 6) is 1.66. The molecule has 1 heterocycles. The minimum absolute atomic E-state index is 0.00665. The summed E-state index contributed by atoms with van der Waals surface area (Å²) in [5, 5.41) is 0. The SMILES string of the molecule is COc1cccc(-c2cc(=O)c3c(o2)C=CCC3)c1N. The van der Waals surface area contributed by atoms with E-state index in [-0.39, 0.29) is 5.43 Å². The van der Waals surface area contributed by atoms with Gasteiger partial charge in [-0.05, 0) is 31.1 Å². The number of ether oxygens (including phenoxy) is 1. The minimum Gasteiger partial charge on any atom is -0.495 e. The Morgan fingerprint density at radius 1 is 1.35 bits per heavy atom. The van der Waals surface area contributed by atoms with Gasteiger partial charge in [0.2, 0.25) is 0 Å². The van der Waals surface area contributed by atoms with E-state index in [9.17, 15) is 4.79 Å². The van der Waals surface area contributed by atoms with Gasteiger partial charge in [0.05, 0.1) is 12.8 Å². The van der Waals surface area contributed by atoms with Crippen LogP contribution in [0, 0.1) is 0 Å². The predicted molar refractivity (Wildman–Crippen MR) is 78.7 cm³/mol. The van der Waals surface area contributed by atoms with Crippen LogP contribution in [0.3, 0.4) is 0 Å². The normalized spacial score (nSPS) is 13.1. The Labute approximate surface area is 116 Å². The molecule has 4 nitrogen and oxygen atoms in total. The standard InChI is InChI=1S/C16H15NO3/c1-19-14-8-4-6-11(16(14)17)15-9-12(18)10-5-2-3-7-13(10)20-15/h3-4,6-9H,2,5,17H2,1H3. The first-order valence-corrected chi connectivity index (χ1v) is 6.47. The number of nitrogen functional groups attached to an aromatic ring is 1. The quantitative estimate of drug-likeness (QED) is 0.851. The molecule has 0 unspecified atom stereocenters. The van der Waals surface area contributed by atoms with E-state index in [0.717, 1.165) is 18.4 Å². The monoisotopic (exact) mass is 269 g/mol. The van der Waals surface area contributed by atoms with E-state index < -0.39 is 0 Å². The lowest BCUT2D eigenvalue weighted by molar-refractivity contribution is 0.417. The Morgan fingerprint density at radius 3 is 3.00 bits per heavy atom. The number of nitrogens with two attached hydrogens (primary N) is 1. The highest BCUT2D eigenvalue weighted by Crippen LogP contribution is 2.33. The van der Waals surface area contributed by atoms with Crippen molar-refractivity contribution in [3.05, 3.63) is 51.9 Å². The van der Waals surface area contributed by atoms with Crippen molar-refractivity contribution >= 4 is 11.8 Å². The van der Waals surface area contributed by atoms with E-state index in [4.69, 9.17) is 14.9 Å². The molecule has 2 aromatic rings. The summed E-state index contributed by atoms with van der Waals surface area (Å²) in [5.41, 5.74) is 7.91. The summed E-state index contributed by atoms with van der Waals surface area (Å²) in [6, 6.07) is 6.91. The van der Waals surface area contributed by atoms with Crippen molar-refractivity contribution in [2.45, 2.75) is 12.8 Å². The fraction of sp³-hybridized carbons (Fsp3) is 0.188. The van der Waals surface area contributed by atoms with Crippen LogP contribution in [0.25, 0.3) is 17.4 Å². The molecule has 1 aliphatic carbocycles. The molecule has 20 heavy (non-hydrogen) atoms. The summed E-state index contributed by atoms with van der Waals surface area (Å²) < 4.78 is 11.0. The summed E-state index contributed by atoms with van der Waals surface area (Å²) in [7, 11) is 1.56. The van der Waals surface area contributed by atoms with Gasteiger partial charge >= 0.3 is 0 Å². The van der Waals surface area contributed by atoms with Gasteiger partial charge in [0, 0.05) is 17.2 Å². The summed E-state index contributed by atoms with van der Waals surface area (Å²) in [6.45, 7) is 0. The molecule has 0 aliphatic heterocycles. The minimum atomic E-state index is -0.00665. The summed E-state index contributed by atoms with van der Waals surface area (Å²) in [6.07, 6.45) is 5.45. The Balaban J connectivity index is 2.19. The van der Waals surface area contributed by atoms with Crippen LogP contribution in [0.5, 0.6) is 5.75 Å². The number of rotatable bonds is 2. The number of hydrogen-bond donors (Lipinski definition) is 1. The van der Waals surface area contributed by atoms with E-state index in [1.54, 1.807) is 13.2 Å². The van der Waals surface area contributed by atoms with E-state index in [2.05, 4.69) is 0 Å². The van der Waals surface area contributed by atoms with Gasteiger partial charge in [0.25, 0.3) is 0 Å². The van der Waals surface area contributed by atoms with Crippen LogP contribution in [-0.2, 0) is 6.42 Å². The molecular weight excluding hydrogens is 254 g/mol. The second-order valence-corrected chi connectivity index (χ2v) is 4.68. The van der Waals surface area contributed by atoms with Gasteiger partial charge in [0.1, 0.15) is 17.3 Å². The van der Waals surface area contributed by atoms with Crippen LogP contribution in [0.2, 0.25) is 0 Å². The van der Waals surface area contributed by atoms with Gasteiger partial charge in [-0.15, -0.1) is 0 Å². The molecule has 0 radical (unpaired) electrons. The number of fused-ring (bicyclic) bond motifs is 1. The van der Waals surface area contributed by atoms with Crippen molar-refractivity contribution in [1.29, 1.82) is 0 Å². The fourth-order valence-corrected chi connectivity index (χ4v) is 2.41. The zero-order valence-electron chi connectivity index (χ0n) is 11.2. The van der Waals surface area contributed by atoms with Crippen molar-refractivity contribution in [3.63, 3.8) is 0 Å². The van der Waals surface area contributed by atoms with Crippen molar-refractivity contribution in [3.8, 4) is 17.1 Å². The Morgan fingerprint density at radius 2 is 2.20 bits per heavy atom. The van der Waals surface area contributed by atoms with Gasteiger partial charge in [0.15, 0.2) is 5.43 Å². The average molecular weight is 269 g/mol. The largest absolute Gasteiger partial charge is 0.495 e. The summed E-state index contributed by atoms with van der Waals surface area (Å²) in [4.78, 5) is 12.2. The van der Waals surface area contributed by atoms with E-state index >= 15 is 0 Å². The number of benzene rings is 1. The van der Waals surface area contributed by atoms with Gasteiger partial charge in [-0.2, -0.15) is 0 Å². The molecule has 1 aliphatic rings. The van der Waals surface area contributed by atoms with Crippen LogP contribution in [0.4, 0.5) is 5.69 Å². The molecule has 0 atom stereocenters. The van der Waals surface area contributed by atoms with Crippen LogP contribution in [-0.4, -0.2) is 7.11 Å². The topological polar surface area (TPSA) is 65.5 Å². The molecule has 1 aromatic carbocycles. The molecule has 0 fully saturated rings. The molecule has 3 rings (SSSR count). The van der Waals surface area contributed by atoms with Gasteiger partial charge < -0.3 is 14.9 Å². The maximum atomic E-state index is 12.2. The molecule has 0 spiro atoms. The molecule has 1 aromatic heterocycles. The lowest BCUT2D eigenvalue weighted by atomic mass is 10.0. The Kier molecular flexibility index (Phi) is 3.06. The van der Waals surface area contributed by atoms with Gasteiger partial charge in [-0.25, -0.2) is 0 Å². The van der Waals surface area contributed by atoms with E-state index in [0.29, 0.717) is 28.5 Å².